The number of hydroxylamine groups is 2. The van der Waals surface area contributed by atoms with Crippen molar-refractivity contribution in [1.29, 1.82) is 0 Å². The van der Waals surface area contributed by atoms with Crippen LogP contribution in [0.15, 0.2) is 66.7 Å². The lowest BCUT2D eigenvalue weighted by molar-refractivity contribution is -0.175. The van der Waals surface area contributed by atoms with Gasteiger partial charge in [0.05, 0.1) is 17.0 Å². The molecule has 3 aliphatic rings. The van der Waals surface area contributed by atoms with Crippen LogP contribution in [0.2, 0.25) is 0 Å². The van der Waals surface area contributed by atoms with Crippen LogP contribution in [0.5, 0.6) is 0 Å². The highest BCUT2D eigenvalue weighted by molar-refractivity contribution is 6.20. The molecule has 1 fully saturated rings. The summed E-state index contributed by atoms with van der Waals surface area (Å²) in [6.45, 7) is 0. The molecule has 1 saturated carbocycles. The first kappa shape index (κ1) is 16.0. The Morgan fingerprint density at radius 3 is 2.11 bits per heavy atom. The highest BCUT2D eigenvalue weighted by Crippen LogP contribution is 2.53. The maximum Gasteiger partial charge on any atom is 0.337 e. The molecule has 0 radical (unpaired) electrons. The van der Waals surface area contributed by atoms with E-state index in [9.17, 15) is 14.4 Å². The highest BCUT2D eigenvalue weighted by atomic mass is 16.7. The lowest BCUT2D eigenvalue weighted by Gasteiger charge is -2.27. The van der Waals surface area contributed by atoms with Crippen molar-refractivity contribution in [3.63, 3.8) is 0 Å². The van der Waals surface area contributed by atoms with Gasteiger partial charge >= 0.3 is 5.97 Å². The SMILES string of the molecule is O=C(ON1C(=O)c2ccccc2C1=O)C1C2C=CC(C2)C1c1ccccc1. The minimum atomic E-state index is -0.584. The van der Waals surface area contributed by atoms with Gasteiger partial charge in [-0.25, -0.2) is 4.79 Å². The number of amides is 2. The second-order valence-corrected chi connectivity index (χ2v) is 7.27. The maximum absolute atomic E-state index is 13.0. The van der Waals surface area contributed by atoms with Gasteiger partial charge in [0.1, 0.15) is 0 Å². The van der Waals surface area contributed by atoms with E-state index >= 15 is 0 Å². The second-order valence-electron chi connectivity index (χ2n) is 7.27. The van der Waals surface area contributed by atoms with Crippen molar-refractivity contribution in [3.8, 4) is 0 Å². The highest BCUT2D eigenvalue weighted by Gasteiger charge is 2.51. The molecule has 2 aromatic carbocycles. The average Bonchev–Trinajstić information content (AvgIpc) is 3.38. The monoisotopic (exact) mass is 359 g/mol. The van der Waals surface area contributed by atoms with Crippen LogP contribution in [-0.4, -0.2) is 22.8 Å². The third-order valence-electron chi connectivity index (χ3n) is 5.85. The van der Waals surface area contributed by atoms with E-state index in [4.69, 9.17) is 4.84 Å². The molecule has 2 aromatic rings. The second kappa shape index (κ2) is 5.91. The number of nitrogens with zero attached hydrogens (tertiary/aromatic N) is 1. The summed E-state index contributed by atoms with van der Waals surface area (Å²) < 4.78 is 0. The predicted molar refractivity (Wildman–Crippen MR) is 96.4 cm³/mol. The molecule has 5 heteroatoms. The molecule has 4 unspecified atom stereocenters. The van der Waals surface area contributed by atoms with E-state index in [1.165, 1.54) is 0 Å². The number of carbonyl (C=O) groups is 3. The molecular weight excluding hydrogens is 342 g/mol. The summed E-state index contributed by atoms with van der Waals surface area (Å²) in [5.74, 6) is -1.73. The van der Waals surface area contributed by atoms with E-state index in [2.05, 4.69) is 12.2 Å². The molecule has 0 N–H and O–H groups in total. The fourth-order valence-corrected chi connectivity index (χ4v) is 4.67. The Bertz CT molecular complexity index is 946. The van der Waals surface area contributed by atoms with Crippen LogP contribution in [0.25, 0.3) is 0 Å². The Balaban J connectivity index is 1.42. The third-order valence-corrected chi connectivity index (χ3v) is 5.85. The molecule has 0 aromatic heterocycles. The number of rotatable bonds is 3. The van der Waals surface area contributed by atoms with Gasteiger partial charge in [-0.15, -0.1) is 0 Å². The zero-order valence-corrected chi connectivity index (χ0v) is 14.4. The van der Waals surface area contributed by atoms with Gasteiger partial charge in [0.15, 0.2) is 0 Å². The number of fused-ring (bicyclic) bond motifs is 3. The molecule has 4 atom stereocenters. The standard InChI is InChI=1S/C22H17NO4/c24-20-16-8-4-5-9-17(16)21(25)23(20)27-22(26)19-15-11-10-14(12-15)18(19)13-6-2-1-3-7-13/h1-11,14-15,18-19H,12H2. The van der Waals surface area contributed by atoms with E-state index in [-0.39, 0.29) is 28.9 Å². The fourth-order valence-electron chi connectivity index (χ4n) is 4.67. The molecule has 27 heavy (non-hydrogen) atoms. The van der Waals surface area contributed by atoms with E-state index in [1.54, 1.807) is 24.3 Å². The average molecular weight is 359 g/mol. The molecule has 5 nitrogen and oxygen atoms in total. The van der Waals surface area contributed by atoms with Crippen LogP contribution in [-0.2, 0) is 9.63 Å². The number of carbonyl (C=O) groups excluding carboxylic acids is 3. The zero-order chi connectivity index (χ0) is 18.5. The van der Waals surface area contributed by atoms with Crippen molar-refractivity contribution in [2.75, 3.05) is 0 Å². The predicted octanol–water partition coefficient (Wildman–Crippen LogP) is 3.35. The Morgan fingerprint density at radius 1 is 0.852 bits per heavy atom. The molecule has 2 amide bonds. The van der Waals surface area contributed by atoms with Gasteiger partial charge in [-0.1, -0.05) is 59.7 Å². The molecule has 0 saturated heterocycles. The normalized spacial score (nSPS) is 27.9. The summed E-state index contributed by atoms with van der Waals surface area (Å²) >= 11 is 0. The zero-order valence-electron chi connectivity index (χ0n) is 14.4. The van der Waals surface area contributed by atoms with Crippen molar-refractivity contribution in [3.05, 3.63) is 83.4 Å². The van der Waals surface area contributed by atoms with Gasteiger partial charge in [-0.3, -0.25) is 9.59 Å². The van der Waals surface area contributed by atoms with Crippen molar-refractivity contribution >= 4 is 17.8 Å². The molecule has 134 valence electrons. The lowest BCUT2D eigenvalue weighted by atomic mass is 9.78. The molecular formula is C22H17NO4. The summed E-state index contributed by atoms with van der Waals surface area (Å²) in [6, 6.07) is 16.4. The first-order valence-electron chi connectivity index (χ1n) is 9.08. The molecule has 0 spiro atoms. The summed E-state index contributed by atoms with van der Waals surface area (Å²) in [5.41, 5.74) is 1.61. The molecule has 5 rings (SSSR count). The Hall–Kier alpha value is -3.21. The molecule has 2 aliphatic carbocycles. The number of allylic oxidation sites excluding steroid dienone is 2. The smallest absolute Gasteiger partial charge is 0.329 e. The number of imide groups is 1. The van der Waals surface area contributed by atoms with Crippen LogP contribution >= 0.6 is 0 Å². The Kier molecular flexibility index (Phi) is 3.50. The summed E-state index contributed by atoms with van der Waals surface area (Å²) in [4.78, 5) is 43.3. The fraction of sp³-hybridized carbons (Fsp3) is 0.227. The third kappa shape index (κ3) is 2.35. The maximum atomic E-state index is 13.0. The number of hydrogen-bond acceptors (Lipinski definition) is 4. The Labute approximate surface area is 156 Å². The van der Waals surface area contributed by atoms with Crippen molar-refractivity contribution < 1.29 is 19.2 Å². The first-order chi connectivity index (χ1) is 13.1. The minimum Gasteiger partial charge on any atom is -0.329 e. The van der Waals surface area contributed by atoms with Gasteiger partial charge in [-0.05, 0) is 36.0 Å². The van der Waals surface area contributed by atoms with Crippen molar-refractivity contribution in [2.45, 2.75) is 12.3 Å². The van der Waals surface area contributed by atoms with Crippen LogP contribution in [0.1, 0.15) is 38.6 Å². The van der Waals surface area contributed by atoms with Crippen LogP contribution in [0.3, 0.4) is 0 Å². The molecule has 2 bridgehead atoms. The summed E-state index contributed by atoms with van der Waals surface area (Å²) in [5, 5.41) is 0.616. The van der Waals surface area contributed by atoms with Gasteiger partial charge < -0.3 is 4.84 Å². The van der Waals surface area contributed by atoms with Crippen LogP contribution in [0, 0.1) is 17.8 Å². The quantitative estimate of drug-likeness (QED) is 0.623. The minimum absolute atomic E-state index is 0.00359. The largest absolute Gasteiger partial charge is 0.337 e. The van der Waals surface area contributed by atoms with E-state index in [0.717, 1.165) is 12.0 Å². The molecule has 1 heterocycles. The summed E-state index contributed by atoms with van der Waals surface area (Å²) in [6.07, 6.45) is 5.11. The molecule has 1 aliphatic heterocycles. The van der Waals surface area contributed by atoms with Gasteiger partial charge in [0.25, 0.3) is 11.8 Å². The Morgan fingerprint density at radius 2 is 1.44 bits per heavy atom. The number of hydrogen-bond donors (Lipinski definition) is 0. The lowest BCUT2D eigenvalue weighted by Crippen LogP contribution is -2.37. The summed E-state index contributed by atoms with van der Waals surface area (Å²) in [7, 11) is 0. The van der Waals surface area contributed by atoms with Crippen molar-refractivity contribution in [2.24, 2.45) is 17.8 Å². The van der Waals surface area contributed by atoms with Crippen LogP contribution in [0.4, 0.5) is 0 Å². The van der Waals surface area contributed by atoms with Crippen LogP contribution < -0.4 is 0 Å². The first-order valence-corrected chi connectivity index (χ1v) is 9.08. The number of benzene rings is 2. The van der Waals surface area contributed by atoms with Gasteiger partial charge in [0.2, 0.25) is 0 Å². The van der Waals surface area contributed by atoms with Crippen molar-refractivity contribution in [1.82, 2.24) is 5.06 Å². The topological polar surface area (TPSA) is 63.7 Å². The van der Waals surface area contributed by atoms with E-state index in [1.807, 2.05) is 30.3 Å². The van der Waals surface area contributed by atoms with Gasteiger partial charge in [0, 0.05) is 5.92 Å². The van der Waals surface area contributed by atoms with E-state index < -0.39 is 23.7 Å². The van der Waals surface area contributed by atoms with Gasteiger partial charge in [-0.2, -0.15) is 0 Å². The van der Waals surface area contributed by atoms with E-state index in [0.29, 0.717) is 5.06 Å².